The lowest BCUT2D eigenvalue weighted by molar-refractivity contribution is 0.0910. The van der Waals surface area contributed by atoms with E-state index in [0.717, 1.165) is 23.9 Å². The highest BCUT2D eigenvalue weighted by Crippen LogP contribution is 2.31. The van der Waals surface area contributed by atoms with Crippen molar-refractivity contribution in [3.05, 3.63) is 29.6 Å². The van der Waals surface area contributed by atoms with Crippen molar-refractivity contribution in [2.75, 3.05) is 5.33 Å². The number of hydrogen-bond donors (Lipinski definition) is 1. The second-order valence-electron chi connectivity index (χ2n) is 4.76. The van der Waals surface area contributed by atoms with Crippen molar-refractivity contribution in [1.29, 1.82) is 0 Å². The van der Waals surface area contributed by atoms with Gasteiger partial charge in [0, 0.05) is 22.8 Å². The van der Waals surface area contributed by atoms with Crippen molar-refractivity contribution in [3.63, 3.8) is 0 Å². The van der Waals surface area contributed by atoms with Gasteiger partial charge in [-0.1, -0.05) is 28.8 Å². The predicted octanol–water partition coefficient (Wildman–Crippen LogP) is 2.83. The quantitative estimate of drug-likeness (QED) is 0.872. The summed E-state index contributed by atoms with van der Waals surface area (Å²) in [6.07, 6.45) is 6.20. The number of pyridine rings is 1. The van der Waals surface area contributed by atoms with E-state index in [2.05, 4.69) is 26.2 Å². The first-order valence-corrected chi connectivity index (χ1v) is 7.08. The molecule has 0 atom stereocenters. The molecule has 1 N–H and O–H groups in total. The van der Waals surface area contributed by atoms with Crippen LogP contribution in [0, 0.1) is 6.92 Å². The van der Waals surface area contributed by atoms with Crippen molar-refractivity contribution >= 4 is 21.8 Å². The molecule has 2 rings (SSSR count). The van der Waals surface area contributed by atoms with Gasteiger partial charge >= 0.3 is 0 Å². The van der Waals surface area contributed by atoms with Crippen LogP contribution in [0.4, 0.5) is 0 Å². The molecule has 1 aliphatic carbocycles. The van der Waals surface area contributed by atoms with Crippen LogP contribution in [0.1, 0.15) is 41.7 Å². The summed E-state index contributed by atoms with van der Waals surface area (Å²) in [7, 11) is 0. The Morgan fingerprint density at radius 1 is 1.53 bits per heavy atom. The third-order valence-corrected chi connectivity index (χ3v) is 4.43. The van der Waals surface area contributed by atoms with E-state index in [4.69, 9.17) is 0 Å². The van der Waals surface area contributed by atoms with E-state index >= 15 is 0 Å². The highest BCUT2D eigenvalue weighted by molar-refractivity contribution is 9.09. The highest BCUT2D eigenvalue weighted by Gasteiger charge is 2.34. The molecule has 1 aromatic rings. The van der Waals surface area contributed by atoms with E-state index in [-0.39, 0.29) is 11.4 Å². The maximum absolute atomic E-state index is 12.2. The summed E-state index contributed by atoms with van der Waals surface area (Å²) in [6, 6.07) is 3.59. The maximum atomic E-state index is 12.2. The number of nitrogens with zero attached hydrogens (tertiary/aromatic N) is 1. The van der Waals surface area contributed by atoms with Crippen LogP contribution in [0.25, 0.3) is 0 Å². The number of amides is 1. The molecule has 0 radical (unpaired) electrons. The minimum atomic E-state index is -0.0474. The molecule has 1 fully saturated rings. The number of carbonyl (C=O) groups is 1. The maximum Gasteiger partial charge on any atom is 0.251 e. The minimum Gasteiger partial charge on any atom is -0.346 e. The van der Waals surface area contributed by atoms with Gasteiger partial charge in [0.15, 0.2) is 0 Å². The fourth-order valence-corrected chi connectivity index (χ4v) is 3.04. The predicted molar refractivity (Wildman–Crippen MR) is 71.4 cm³/mol. The lowest BCUT2D eigenvalue weighted by Crippen LogP contribution is -2.47. The number of rotatable bonds is 3. The Kier molecular flexibility index (Phi) is 3.82. The van der Waals surface area contributed by atoms with Gasteiger partial charge in [-0.2, -0.15) is 0 Å². The van der Waals surface area contributed by atoms with Crippen molar-refractivity contribution in [3.8, 4) is 0 Å². The van der Waals surface area contributed by atoms with E-state index in [1.807, 2.05) is 13.0 Å². The van der Waals surface area contributed by atoms with Crippen molar-refractivity contribution < 1.29 is 4.79 Å². The number of hydrogen-bond acceptors (Lipinski definition) is 2. The Hall–Kier alpha value is -0.900. The average Bonchev–Trinajstić information content (AvgIpc) is 2.78. The third kappa shape index (κ3) is 2.86. The van der Waals surface area contributed by atoms with Crippen LogP contribution in [-0.4, -0.2) is 21.8 Å². The fraction of sp³-hybridized carbons (Fsp3) is 0.538. The molecule has 1 amide bonds. The molecule has 1 heterocycles. The van der Waals surface area contributed by atoms with Crippen LogP contribution in [-0.2, 0) is 0 Å². The lowest BCUT2D eigenvalue weighted by atomic mass is 10.00. The van der Waals surface area contributed by atoms with Gasteiger partial charge in [-0.3, -0.25) is 9.78 Å². The van der Waals surface area contributed by atoms with Crippen molar-refractivity contribution in [2.45, 2.75) is 38.1 Å². The molecule has 92 valence electrons. The third-order valence-electron chi connectivity index (χ3n) is 3.35. The van der Waals surface area contributed by atoms with Gasteiger partial charge in [0.05, 0.1) is 5.54 Å². The molecule has 1 aromatic heterocycles. The zero-order valence-electron chi connectivity index (χ0n) is 10.0. The minimum absolute atomic E-state index is 0.0110. The standard InChI is InChI=1S/C13H17BrN2O/c1-10-8-11(4-7-15-10)12(17)16-13(9-14)5-2-3-6-13/h4,7-8H,2-3,5-6,9H2,1H3,(H,16,17). The molecule has 4 heteroatoms. The van der Waals surface area contributed by atoms with Crippen LogP contribution in [0.15, 0.2) is 18.3 Å². The van der Waals surface area contributed by atoms with Gasteiger partial charge in [0.25, 0.3) is 5.91 Å². The van der Waals surface area contributed by atoms with E-state index in [9.17, 15) is 4.79 Å². The van der Waals surface area contributed by atoms with Gasteiger partial charge in [-0.25, -0.2) is 0 Å². The molecule has 0 unspecified atom stereocenters. The summed E-state index contributed by atoms with van der Waals surface area (Å²) in [5.74, 6) is 0.0110. The molecule has 0 aliphatic heterocycles. The van der Waals surface area contributed by atoms with Crippen LogP contribution < -0.4 is 5.32 Å². The van der Waals surface area contributed by atoms with Gasteiger partial charge in [-0.15, -0.1) is 0 Å². The van der Waals surface area contributed by atoms with Gasteiger partial charge in [0.2, 0.25) is 0 Å². The molecule has 1 saturated carbocycles. The zero-order valence-corrected chi connectivity index (χ0v) is 11.6. The van der Waals surface area contributed by atoms with Crippen LogP contribution >= 0.6 is 15.9 Å². The van der Waals surface area contributed by atoms with Crippen molar-refractivity contribution in [1.82, 2.24) is 10.3 Å². The molecule has 0 saturated heterocycles. The summed E-state index contributed by atoms with van der Waals surface area (Å²) in [6.45, 7) is 1.90. The summed E-state index contributed by atoms with van der Waals surface area (Å²) >= 11 is 3.52. The molecular weight excluding hydrogens is 280 g/mol. The Balaban J connectivity index is 2.11. The number of nitrogens with one attached hydrogen (secondary N) is 1. The number of alkyl halides is 1. The summed E-state index contributed by atoms with van der Waals surface area (Å²) in [5, 5.41) is 4.00. The van der Waals surface area contributed by atoms with E-state index < -0.39 is 0 Å². The summed E-state index contributed by atoms with van der Waals surface area (Å²) in [5.41, 5.74) is 1.52. The molecule has 0 bridgehead atoms. The number of carbonyl (C=O) groups excluding carboxylic acids is 1. The molecule has 3 nitrogen and oxygen atoms in total. The topological polar surface area (TPSA) is 42.0 Å². The zero-order chi connectivity index (χ0) is 12.3. The number of aromatic nitrogens is 1. The Bertz CT molecular complexity index is 414. The normalized spacial score (nSPS) is 18.0. The van der Waals surface area contributed by atoms with E-state index in [1.165, 1.54) is 12.8 Å². The van der Waals surface area contributed by atoms with Crippen LogP contribution in [0.2, 0.25) is 0 Å². The number of aryl methyl sites for hydroxylation is 1. The Labute approximate surface area is 110 Å². The number of halogens is 1. The average molecular weight is 297 g/mol. The first kappa shape index (κ1) is 12.6. The van der Waals surface area contributed by atoms with E-state index in [0.29, 0.717) is 5.56 Å². The molecule has 1 aliphatic rings. The summed E-state index contributed by atoms with van der Waals surface area (Å²) in [4.78, 5) is 16.3. The fourth-order valence-electron chi connectivity index (χ4n) is 2.34. The summed E-state index contributed by atoms with van der Waals surface area (Å²) < 4.78 is 0. The van der Waals surface area contributed by atoms with Gasteiger partial charge < -0.3 is 5.32 Å². The second kappa shape index (κ2) is 5.17. The van der Waals surface area contributed by atoms with Gasteiger partial charge in [-0.05, 0) is 31.9 Å². The molecule has 0 aromatic carbocycles. The first-order chi connectivity index (χ1) is 8.15. The van der Waals surface area contributed by atoms with Crippen molar-refractivity contribution in [2.24, 2.45) is 0 Å². The van der Waals surface area contributed by atoms with Crippen LogP contribution in [0.5, 0.6) is 0 Å². The first-order valence-electron chi connectivity index (χ1n) is 5.96. The largest absolute Gasteiger partial charge is 0.346 e. The highest BCUT2D eigenvalue weighted by atomic mass is 79.9. The van der Waals surface area contributed by atoms with E-state index in [1.54, 1.807) is 12.3 Å². The SMILES string of the molecule is Cc1cc(C(=O)NC2(CBr)CCCC2)ccn1. The van der Waals surface area contributed by atoms with Gasteiger partial charge in [0.1, 0.15) is 0 Å². The monoisotopic (exact) mass is 296 g/mol. The molecular formula is C13H17BrN2O. The van der Waals surface area contributed by atoms with Crippen LogP contribution in [0.3, 0.4) is 0 Å². The second-order valence-corrected chi connectivity index (χ2v) is 5.32. The lowest BCUT2D eigenvalue weighted by Gasteiger charge is -2.28. The Morgan fingerprint density at radius 2 is 2.24 bits per heavy atom. The molecule has 0 spiro atoms. The Morgan fingerprint density at radius 3 is 2.82 bits per heavy atom. The smallest absolute Gasteiger partial charge is 0.251 e. The molecule has 17 heavy (non-hydrogen) atoms.